The zero-order valence-electron chi connectivity index (χ0n) is 66.5. The van der Waals surface area contributed by atoms with E-state index in [0.29, 0.717) is 25.7 Å². The van der Waals surface area contributed by atoms with Crippen LogP contribution in [-0.2, 0) is 65.4 Å². The maximum Gasteiger partial charge on any atom is 0.472 e. The number of hydrogen-bond donors (Lipinski definition) is 3. The monoisotopic (exact) mass is 1480 g/mol. The SMILES string of the molecule is CCC(C)CCCCCCCCCCCCCCCCC(=O)O[C@H](COC(=O)CCCCCCCCC(C)CC)COP(=O)(O)OC[C@H](O)COP(=O)(O)OC[C@@H](COC(=O)CCCCCCCCCCCC(C)C)OC(=O)CCCCCCCCCCCCCCCCCCCCC(C)C. The zero-order chi connectivity index (χ0) is 74.6. The number of phosphoric ester groups is 2. The van der Waals surface area contributed by atoms with Crippen LogP contribution in [0.4, 0.5) is 0 Å². The summed E-state index contributed by atoms with van der Waals surface area (Å²) in [4.78, 5) is 73.0. The third-order valence-corrected chi connectivity index (χ3v) is 21.7. The molecule has 7 atom stereocenters. The van der Waals surface area contributed by atoms with Crippen LogP contribution in [0.5, 0.6) is 0 Å². The highest BCUT2D eigenvalue weighted by Crippen LogP contribution is 2.45. The first kappa shape index (κ1) is 99.1. The fourth-order valence-corrected chi connectivity index (χ4v) is 14.1. The first-order chi connectivity index (χ1) is 48.7. The van der Waals surface area contributed by atoms with Crippen LogP contribution < -0.4 is 0 Å². The van der Waals surface area contributed by atoms with Gasteiger partial charge in [0.25, 0.3) is 0 Å². The maximum atomic E-state index is 13.1. The molecule has 0 radical (unpaired) electrons. The van der Waals surface area contributed by atoms with E-state index in [1.165, 1.54) is 218 Å². The van der Waals surface area contributed by atoms with E-state index in [1.807, 2.05) is 0 Å². The molecule has 3 N–H and O–H groups in total. The van der Waals surface area contributed by atoms with Crippen molar-refractivity contribution < 1.29 is 80.2 Å². The van der Waals surface area contributed by atoms with Crippen molar-refractivity contribution in [2.75, 3.05) is 39.6 Å². The van der Waals surface area contributed by atoms with Crippen LogP contribution in [0.3, 0.4) is 0 Å². The topological polar surface area (TPSA) is 237 Å². The number of carbonyl (C=O) groups is 4. The zero-order valence-corrected chi connectivity index (χ0v) is 68.3. The molecule has 101 heavy (non-hydrogen) atoms. The van der Waals surface area contributed by atoms with Gasteiger partial charge in [-0.15, -0.1) is 0 Å². The average molecular weight is 1480 g/mol. The lowest BCUT2D eigenvalue weighted by Gasteiger charge is -2.21. The normalized spacial score (nSPS) is 14.5. The molecule has 0 aromatic carbocycles. The van der Waals surface area contributed by atoms with Crippen LogP contribution in [0.15, 0.2) is 0 Å². The van der Waals surface area contributed by atoms with Gasteiger partial charge < -0.3 is 33.8 Å². The van der Waals surface area contributed by atoms with E-state index in [0.717, 1.165) is 120 Å². The molecule has 0 aromatic heterocycles. The molecule has 17 nitrogen and oxygen atoms in total. The van der Waals surface area contributed by atoms with Crippen molar-refractivity contribution in [3.63, 3.8) is 0 Å². The summed E-state index contributed by atoms with van der Waals surface area (Å²) < 4.78 is 68.7. The largest absolute Gasteiger partial charge is 0.472 e. The van der Waals surface area contributed by atoms with Crippen molar-refractivity contribution in [1.29, 1.82) is 0 Å². The van der Waals surface area contributed by atoms with Gasteiger partial charge in [0.1, 0.15) is 19.3 Å². The summed E-state index contributed by atoms with van der Waals surface area (Å²) in [7, 11) is -9.92. The Balaban J connectivity index is 5.20. The minimum absolute atomic E-state index is 0.106. The first-order valence-corrected chi connectivity index (χ1v) is 45.3. The lowest BCUT2D eigenvalue weighted by Crippen LogP contribution is -2.30. The molecule has 0 bridgehead atoms. The summed E-state index contributed by atoms with van der Waals surface area (Å²) in [5.41, 5.74) is 0. The molecule has 0 amide bonds. The first-order valence-electron chi connectivity index (χ1n) is 42.3. The smallest absolute Gasteiger partial charge is 0.462 e. The molecule has 0 aliphatic heterocycles. The molecule has 0 heterocycles. The van der Waals surface area contributed by atoms with E-state index in [2.05, 4.69) is 55.4 Å². The Morgan fingerprint density at radius 2 is 0.475 bits per heavy atom. The molecular weight excluding hydrogens is 1320 g/mol. The Morgan fingerprint density at radius 3 is 0.703 bits per heavy atom. The van der Waals surface area contributed by atoms with Gasteiger partial charge in [0.15, 0.2) is 12.2 Å². The summed E-state index contributed by atoms with van der Waals surface area (Å²) in [6.45, 7) is 14.3. The Bertz CT molecular complexity index is 1980. The summed E-state index contributed by atoms with van der Waals surface area (Å²) in [5.74, 6) is 1.03. The molecule has 4 unspecified atom stereocenters. The van der Waals surface area contributed by atoms with E-state index in [9.17, 15) is 43.2 Å². The highest BCUT2D eigenvalue weighted by molar-refractivity contribution is 7.47. The number of phosphoric acid groups is 2. The van der Waals surface area contributed by atoms with Gasteiger partial charge in [-0.25, -0.2) is 9.13 Å². The number of aliphatic hydroxyl groups is 1. The molecule has 0 aromatic rings. The van der Waals surface area contributed by atoms with Gasteiger partial charge in [0.05, 0.1) is 26.4 Å². The highest BCUT2D eigenvalue weighted by atomic mass is 31.2. The van der Waals surface area contributed by atoms with Crippen LogP contribution in [0, 0.1) is 23.7 Å². The molecule has 0 aliphatic carbocycles. The number of esters is 4. The van der Waals surface area contributed by atoms with Crippen LogP contribution in [0.1, 0.15) is 421 Å². The third kappa shape index (κ3) is 73.4. The second kappa shape index (κ2) is 71.0. The fraction of sp³-hybridized carbons (Fsp3) is 0.951. The molecule has 0 aliphatic rings. The predicted octanol–water partition coefficient (Wildman–Crippen LogP) is 24.4. The molecule has 0 rings (SSSR count). The second-order valence-corrected chi connectivity index (χ2v) is 33.9. The van der Waals surface area contributed by atoms with Crippen LogP contribution in [-0.4, -0.2) is 96.7 Å². The van der Waals surface area contributed by atoms with Crippen molar-refractivity contribution in [2.45, 2.75) is 440 Å². The molecule has 19 heteroatoms. The lowest BCUT2D eigenvalue weighted by molar-refractivity contribution is -0.161. The van der Waals surface area contributed by atoms with E-state index >= 15 is 0 Å². The van der Waals surface area contributed by atoms with E-state index < -0.39 is 97.5 Å². The quantitative estimate of drug-likeness (QED) is 0.0222. The van der Waals surface area contributed by atoms with Crippen molar-refractivity contribution in [3.05, 3.63) is 0 Å². The minimum atomic E-state index is -4.96. The van der Waals surface area contributed by atoms with Crippen LogP contribution in [0.25, 0.3) is 0 Å². The molecule has 0 fully saturated rings. The third-order valence-electron chi connectivity index (χ3n) is 19.8. The van der Waals surface area contributed by atoms with E-state index in [4.69, 9.17) is 37.0 Å². The van der Waals surface area contributed by atoms with Crippen LogP contribution in [0.2, 0.25) is 0 Å². The Morgan fingerprint density at radius 1 is 0.277 bits per heavy atom. The van der Waals surface area contributed by atoms with Crippen LogP contribution >= 0.6 is 15.6 Å². The lowest BCUT2D eigenvalue weighted by atomic mass is 9.99. The maximum absolute atomic E-state index is 13.1. The summed E-state index contributed by atoms with van der Waals surface area (Å²) in [5, 5.41) is 10.6. The highest BCUT2D eigenvalue weighted by Gasteiger charge is 2.30. The molecule has 0 saturated carbocycles. The van der Waals surface area contributed by atoms with Crippen molar-refractivity contribution >= 4 is 39.5 Å². The number of rotatable bonds is 79. The predicted molar refractivity (Wildman–Crippen MR) is 414 cm³/mol. The van der Waals surface area contributed by atoms with Gasteiger partial charge in [-0.05, 0) is 49.4 Å². The van der Waals surface area contributed by atoms with Gasteiger partial charge in [-0.2, -0.15) is 0 Å². The number of unbranched alkanes of at least 4 members (excludes halogenated alkanes) is 43. The Hall–Kier alpha value is -1.94. The second-order valence-electron chi connectivity index (χ2n) is 31.0. The average Bonchev–Trinajstić information content (AvgIpc) is 0.980. The summed E-state index contributed by atoms with van der Waals surface area (Å²) >= 11 is 0. The van der Waals surface area contributed by atoms with Gasteiger partial charge in [0, 0.05) is 25.7 Å². The van der Waals surface area contributed by atoms with Crippen molar-refractivity contribution in [2.24, 2.45) is 23.7 Å². The molecular formula is C82H160O17P2. The van der Waals surface area contributed by atoms with Crippen molar-refractivity contribution in [1.82, 2.24) is 0 Å². The van der Waals surface area contributed by atoms with Gasteiger partial charge in [0.2, 0.25) is 0 Å². The van der Waals surface area contributed by atoms with Gasteiger partial charge in [-0.1, -0.05) is 370 Å². The number of aliphatic hydroxyl groups excluding tert-OH is 1. The number of carbonyl (C=O) groups excluding carboxylic acids is 4. The molecule has 0 saturated heterocycles. The van der Waals surface area contributed by atoms with Gasteiger partial charge >= 0.3 is 39.5 Å². The summed E-state index contributed by atoms with van der Waals surface area (Å²) in [6.07, 6.45) is 58.3. The van der Waals surface area contributed by atoms with E-state index in [-0.39, 0.29) is 25.7 Å². The van der Waals surface area contributed by atoms with Gasteiger partial charge in [-0.3, -0.25) is 37.3 Å². The fourth-order valence-electron chi connectivity index (χ4n) is 12.5. The van der Waals surface area contributed by atoms with E-state index in [1.54, 1.807) is 0 Å². The minimum Gasteiger partial charge on any atom is -0.462 e. The number of ether oxygens (including phenoxy) is 4. The molecule has 0 spiro atoms. The molecule has 600 valence electrons. The standard InChI is InChI=1S/C82H160O17P2/c1-9-74(7)60-52-44-36-30-24-20-17-18-22-26-32-39-49-57-65-82(87)99-78(69-93-80(85)63-55-47-41-40-45-53-61-75(8)10-2)71-97-101(90,91)95-67-76(83)66-94-100(88,89)96-70-77(68-92-79(84)62-54-46-37-33-27-29-35-43-51-59-73(5)6)98-81(86)64-56-48-38-31-25-21-16-14-12-11-13-15-19-23-28-34-42-50-58-72(3)4/h72-78,83H,9-71H2,1-8H3,(H,88,89)(H,90,91)/t74?,75?,76-,77-,78-/m1/s1. The number of hydrogen-bond acceptors (Lipinski definition) is 15. The Kier molecular flexibility index (Phi) is 69.6. The summed E-state index contributed by atoms with van der Waals surface area (Å²) in [6, 6.07) is 0. The van der Waals surface area contributed by atoms with Crippen molar-refractivity contribution in [3.8, 4) is 0 Å². The Labute approximate surface area is 619 Å².